The van der Waals surface area contributed by atoms with Gasteiger partial charge in [-0.2, -0.15) is 0 Å². The molecule has 8 aromatic rings. The number of carbonyl (C=O) groups excluding carboxylic acids is 4. The Hall–Kier alpha value is -7.77. The van der Waals surface area contributed by atoms with E-state index in [9.17, 15) is 58.6 Å². The molecule has 0 aliphatic carbocycles. The Morgan fingerprint density at radius 3 is 1.04 bits per heavy atom. The molecule has 17 heteroatoms. The van der Waals surface area contributed by atoms with Crippen molar-refractivity contribution in [2.45, 2.75) is 116 Å². The van der Waals surface area contributed by atoms with Crippen LogP contribution in [0.25, 0.3) is 44.8 Å². The molecule has 0 spiro atoms. The molecule has 14 nitrogen and oxygen atoms in total. The van der Waals surface area contributed by atoms with E-state index in [2.05, 4.69) is 10.6 Å². The third kappa shape index (κ3) is 17.2. The van der Waals surface area contributed by atoms with Gasteiger partial charge in [0.15, 0.2) is 0 Å². The maximum Gasteiger partial charge on any atom is 2.00 e. The summed E-state index contributed by atoms with van der Waals surface area (Å²) in [5, 5.41) is 69.2. The number of hydrogen-bond acceptors (Lipinski definition) is 10. The second-order valence-electron chi connectivity index (χ2n) is 20.8. The van der Waals surface area contributed by atoms with Crippen molar-refractivity contribution in [3.05, 3.63) is 204 Å². The molecule has 428 valence electrons. The molecule has 0 aliphatic heterocycles. The van der Waals surface area contributed by atoms with Gasteiger partial charge < -0.3 is 60.0 Å². The number of nitrogens with zero attached hydrogens (tertiary/aromatic N) is 2. The first-order chi connectivity index (χ1) is 39.3. The Morgan fingerprint density at radius 2 is 0.747 bits per heavy atom. The van der Waals surface area contributed by atoms with Gasteiger partial charge in [-0.25, -0.2) is 8.78 Å². The Labute approximate surface area is 498 Å². The van der Waals surface area contributed by atoms with Gasteiger partial charge in [-0.15, -0.1) is 0 Å². The number of amides is 2. The first kappa shape index (κ1) is 64.4. The van der Waals surface area contributed by atoms with E-state index in [-0.39, 0.29) is 85.5 Å². The summed E-state index contributed by atoms with van der Waals surface area (Å²) in [5.41, 5.74) is 9.43. The van der Waals surface area contributed by atoms with E-state index in [0.717, 1.165) is 22.5 Å². The average Bonchev–Trinajstić information content (AvgIpc) is 3.14. The van der Waals surface area contributed by atoms with Crippen LogP contribution in [0.4, 0.5) is 20.2 Å². The Bertz CT molecular complexity index is 3170. The predicted molar refractivity (Wildman–Crippen MR) is 315 cm³/mol. The molecule has 0 fully saturated rings. The van der Waals surface area contributed by atoms with Gasteiger partial charge in [0.2, 0.25) is 0 Å². The summed E-state index contributed by atoms with van der Waals surface area (Å²) in [6.07, 6.45) is -5.54. The van der Waals surface area contributed by atoms with E-state index in [1.54, 1.807) is 48.5 Å². The molecule has 2 unspecified atom stereocenters. The van der Waals surface area contributed by atoms with Crippen LogP contribution in [0.2, 0.25) is 0 Å². The number of rotatable bonds is 24. The van der Waals surface area contributed by atoms with Gasteiger partial charge >= 0.3 is 23.1 Å². The number of carbonyl (C=O) groups is 4. The summed E-state index contributed by atoms with van der Waals surface area (Å²) in [5.74, 6) is -4.41. The van der Waals surface area contributed by atoms with E-state index in [0.29, 0.717) is 56.1 Å². The molecule has 0 bridgehead atoms. The van der Waals surface area contributed by atoms with Crippen LogP contribution in [-0.2, 0) is 22.7 Å². The maximum atomic E-state index is 14.0. The van der Waals surface area contributed by atoms with Crippen LogP contribution in [0.1, 0.15) is 110 Å². The number of aromatic nitrogens is 2. The summed E-state index contributed by atoms with van der Waals surface area (Å²) in [6, 6.07) is 49.4. The number of aliphatic hydroxyl groups excluding tert-OH is 4. The Morgan fingerprint density at radius 1 is 0.446 bits per heavy atom. The minimum absolute atomic E-state index is 0. The SMILES string of the molecule is CC(C)c1c(C(=O)Nc2ccccc2)c(-c2ccccc2)c(-c2ccc(F)cc2)n1CCC(O)C[C@@H](O)CC(=O)[O-].CC(C)c1c(C(=O)Nc2ccccc2)c(-c2ccccc2)c(-c2ccc(F)cc2)n1CCC(O)C[C@@H](O)CC(=O)[O-].[Mg+2]. The molecule has 2 aromatic heterocycles. The van der Waals surface area contributed by atoms with Crippen molar-refractivity contribution in [1.82, 2.24) is 9.13 Å². The summed E-state index contributed by atoms with van der Waals surface area (Å²) in [6.45, 7) is 8.45. The summed E-state index contributed by atoms with van der Waals surface area (Å²) < 4.78 is 32.0. The molecular weight excluding hydrogens is 1070 g/mol. The first-order valence-electron chi connectivity index (χ1n) is 27.3. The summed E-state index contributed by atoms with van der Waals surface area (Å²) >= 11 is 0. The molecule has 6 aromatic carbocycles. The van der Waals surface area contributed by atoms with Crippen LogP contribution in [-0.4, -0.2) is 101 Å². The number of nitrogens with one attached hydrogen (secondary N) is 2. The first-order valence-corrected chi connectivity index (χ1v) is 27.3. The minimum Gasteiger partial charge on any atom is -0.550 e. The summed E-state index contributed by atoms with van der Waals surface area (Å²) in [7, 11) is 0. The molecule has 0 saturated carbocycles. The van der Waals surface area contributed by atoms with E-state index in [1.165, 1.54) is 24.3 Å². The van der Waals surface area contributed by atoms with Crippen molar-refractivity contribution in [2.75, 3.05) is 10.6 Å². The molecule has 0 radical (unpaired) electrons. The number of carboxylic acids is 2. The standard InChI is InChI=1S/2C33H35FN2O5.Mg/c2*1-21(2)31-30(33(41)35-25-11-7-4-8-12-25)29(22-9-5-3-6-10-22)32(23-13-15-24(34)16-14-23)36(31)18-17-26(37)19-27(38)20-28(39)40;/h2*3-16,21,26-27,37-38H,17-20H2,1-2H3,(H,35,41)(H,39,40);/q;;+2/p-2/t2*26?,27-;/m11./s1. The Balaban J connectivity index is 0.000000263. The van der Waals surface area contributed by atoms with Crippen molar-refractivity contribution in [2.24, 2.45) is 0 Å². The molecule has 4 atom stereocenters. The normalized spacial score (nSPS) is 12.6. The van der Waals surface area contributed by atoms with Crippen molar-refractivity contribution in [3.63, 3.8) is 0 Å². The minimum atomic E-state index is -1.39. The van der Waals surface area contributed by atoms with Crippen molar-refractivity contribution < 1.29 is 58.6 Å². The fourth-order valence-corrected chi connectivity index (χ4v) is 10.4. The van der Waals surface area contributed by atoms with E-state index in [1.807, 2.05) is 134 Å². The zero-order valence-electron chi connectivity index (χ0n) is 46.9. The van der Waals surface area contributed by atoms with Crippen LogP contribution in [0.5, 0.6) is 0 Å². The molecule has 0 aliphatic rings. The fraction of sp³-hybridized carbons (Fsp3) is 0.273. The number of hydrogen-bond donors (Lipinski definition) is 6. The third-order valence-corrected chi connectivity index (χ3v) is 13.8. The number of carboxylic acid groups (broad SMARTS) is 2. The monoisotopic (exact) mass is 1140 g/mol. The van der Waals surface area contributed by atoms with Gasteiger partial charge in [0, 0.05) is 71.8 Å². The number of anilines is 2. The molecule has 2 heterocycles. The van der Waals surface area contributed by atoms with Crippen molar-refractivity contribution in [3.8, 4) is 44.8 Å². The summed E-state index contributed by atoms with van der Waals surface area (Å²) in [4.78, 5) is 49.8. The largest absolute Gasteiger partial charge is 2.00 e. The van der Waals surface area contributed by atoms with Crippen LogP contribution >= 0.6 is 0 Å². The fourth-order valence-electron chi connectivity index (χ4n) is 10.4. The molecule has 0 saturated heterocycles. The molecule has 2 amide bonds. The molecule has 6 N–H and O–H groups in total. The quantitative estimate of drug-likeness (QED) is 0.0314. The number of benzene rings is 6. The van der Waals surface area contributed by atoms with Crippen LogP contribution in [0, 0.1) is 11.6 Å². The van der Waals surface area contributed by atoms with E-state index < -0.39 is 60.8 Å². The topological polar surface area (TPSA) is 229 Å². The van der Waals surface area contributed by atoms with Crippen LogP contribution < -0.4 is 20.8 Å². The van der Waals surface area contributed by atoms with E-state index >= 15 is 0 Å². The van der Waals surface area contributed by atoms with Gasteiger partial charge in [0.05, 0.1) is 46.9 Å². The number of aliphatic carboxylic acids is 2. The van der Waals surface area contributed by atoms with Crippen LogP contribution in [0.3, 0.4) is 0 Å². The molecule has 83 heavy (non-hydrogen) atoms. The maximum absolute atomic E-state index is 14.0. The Kier molecular flexibility index (Phi) is 23.7. The predicted octanol–water partition coefficient (Wildman–Crippen LogP) is 9.58. The second kappa shape index (κ2) is 30.5. The van der Waals surface area contributed by atoms with Gasteiger partial charge in [-0.05, 0) is 133 Å². The second-order valence-corrected chi connectivity index (χ2v) is 20.8. The van der Waals surface area contributed by atoms with Gasteiger partial charge in [0.25, 0.3) is 11.8 Å². The number of halogens is 2. The van der Waals surface area contributed by atoms with Crippen molar-refractivity contribution >= 4 is 58.2 Å². The zero-order valence-corrected chi connectivity index (χ0v) is 48.3. The van der Waals surface area contributed by atoms with Gasteiger partial charge in [-0.3, -0.25) is 9.59 Å². The number of aliphatic hydroxyl groups is 4. The van der Waals surface area contributed by atoms with Gasteiger partial charge in [0.1, 0.15) is 11.6 Å². The molecular formula is C66H68F2MgN4O10. The number of para-hydroxylation sites is 2. The third-order valence-electron chi connectivity index (χ3n) is 13.8. The molecule has 8 rings (SSSR count). The zero-order chi connectivity index (χ0) is 59.0. The van der Waals surface area contributed by atoms with Crippen molar-refractivity contribution in [1.29, 1.82) is 0 Å². The smallest absolute Gasteiger partial charge is 0.550 e. The van der Waals surface area contributed by atoms with Gasteiger partial charge in [-0.1, -0.05) is 125 Å². The average molecular weight is 1140 g/mol. The van der Waals surface area contributed by atoms with E-state index in [4.69, 9.17) is 0 Å². The van der Waals surface area contributed by atoms with Crippen LogP contribution in [0.15, 0.2) is 170 Å².